The zero-order valence-corrected chi connectivity index (χ0v) is 10.6. The van der Waals surface area contributed by atoms with Gasteiger partial charge in [-0.3, -0.25) is 4.79 Å². The molecule has 0 saturated carbocycles. The quantitative estimate of drug-likeness (QED) is 0.824. The lowest BCUT2D eigenvalue weighted by Crippen LogP contribution is -2.40. The van der Waals surface area contributed by atoms with Crippen LogP contribution in [0.5, 0.6) is 0 Å². The van der Waals surface area contributed by atoms with Gasteiger partial charge in [-0.05, 0) is 38.5 Å². The summed E-state index contributed by atoms with van der Waals surface area (Å²) in [5, 5.41) is 9.03. The Kier molecular flexibility index (Phi) is 4.58. The second-order valence-electron chi connectivity index (χ2n) is 5.11. The van der Waals surface area contributed by atoms with Crippen molar-refractivity contribution in [3.05, 3.63) is 0 Å². The first kappa shape index (κ1) is 13.3. The molecule has 0 bridgehead atoms. The van der Waals surface area contributed by atoms with E-state index in [1.807, 2.05) is 0 Å². The highest BCUT2D eigenvalue weighted by Gasteiger charge is 2.33. The van der Waals surface area contributed by atoms with Crippen molar-refractivity contribution in [2.75, 3.05) is 13.2 Å². The van der Waals surface area contributed by atoms with Crippen molar-refractivity contribution in [2.24, 2.45) is 0 Å². The number of carboxylic acids is 1. The van der Waals surface area contributed by atoms with Gasteiger partial charge < -0.3 is 14.7 Å². The molecule has 2 saturated heterocycles. The van der Waals surface area contributed by atoms with Crippen molar-refractivity contribution in [3.8, 4) is 0 Å². The first-order valence-electron chi connectivity index (χ1n) is 6.82. The highest BCUT2D eigenvalue weighted by molar-refractivity contribution is 5.84. The van der Waals surface area contributed by atoms with Crippen LogP contribution in [0.4, 0.5) is 0 Å². The minimum Gasteiger partial charge on any atom is -0.480 e. The molecule has 102 valence electrons. The molecule has 1 amide bonds. The van der Waals surface area contributed by atoms with E-state index < -0.39 is 12.0 Å². The van der Waals surface area contributed by atoms with E-state index in [0.29, 0.717) is 19.4 Å². The molecule has 2 rings (SSSR count). The van der Waals surface area contributed by atoms with Crippen LogP contribution in [0.25, 0.3) is 0 Å². The molecule has 5 nitrogen and oxygen atoms in total. The fourth-order valence-electron chi connectivity index (χ4n) is 2.79. The molecule has 5 heteroatoms. The summed E-state index contributed by atoms with van der Waals surface area (Å²) in [7, 11) is 0. The maximum Gasteiger partial charge on any atom is 0.326 e. The highest BCUT2D eigenvalue weighted by atomic mass is 16.5. The Morgan fingerprint density at radius 2 is 2.06 bits per heavy atom. The van der Waals surface area contributed by atoms with Crippen LogP contribution in [0, 0.1) is 0 Å². The number of amides is 1. The maximum atomic E-state index is 12.0. The normalized spacial score (nSPS) is 28.3. The minimum absolute atomic E-state index is 0.0333. The molecule has 2 atom stereocenters. The first-order chi connectivity index (χ1) is 8.68. The van der Waals surface area contributed by atoms with Gasteiger partial charge in [0.15, 0.2) is 0 Å². The molecule has 2 aliphatic rings. The topological polar surface area (TPSA) is 66.8 Å². The average molecular weight is 255 g/mol. The Hall–Kier alpha value is -1.10. The molecule has 2 heterocycles. The number of likely N-dealkylation sites (tertiary alicyclic amines) is 1. The zero-order chi connectivity index (χ0) is 13.0. The standard InChI is InChI=1S/C13H21NO4/c15-12(7-6-10-4-1-2-9-18-10)14-8-3-5-11(14)13(16)17/h10-11H,1-9H2,(H,16,17)/t10?,11-/m0/s1. The van der Waals surface area contributed by atoms with Gasteiger partial charge in [0.2, 0.25) is 5.91 Å². The number of carboxylic acid groups (broad SMARTS) is 1. The summed E-state index contributed by atoms with van der Waals surface area (Å²) in [6, 6.07) is -0.607. The molecule has 1 N–H and O–H groups in total. The number of nitrogens with zero attached hydrogens (tertiary/aromatic N) is 1. The van der Waals surface area contributed by atoms with E-state index in [4.69, 9.17) is 9.84 Å². The monoisotopic (exact) mass is 255 g/mol. The molecular weight excluding hydrogens is 234 g/mol. The molecular formula is C13H21NO4. The van der Waals surface area contributed by atoms with Gasteiger partial charge in [-0.25, -0.2) is 4.79 Å². The van der Waals surface area contributed by atoms with Gasteiger partial charge >= 0.3 is 5.97 Å². The maximum absolute atomic E-state index is 12.0. The van der Waals surface area contributed by atoms with Crippen LogP contribution in [-0.4, -0.2) is 47.2 Å². The van der Waals surface area contributed by atoms with E-state index in [1.165, 1.54) is 11.3 Å². The fraction of sp³-hybridized carbons (Fsp3) is 0.846. The summed E-state index contributed by atoms with van der Waals surface area (Å²) in [6.07, 6.45) is 6.00. The molecule has 0 aromatic carbocycles. The average Bonchev–Trinajstić information content (AvgIpc) is 2.86. The predicted molar refractivity (Wildman–Crippen MR) is 65.2 cm³/mol. The lowest BCUT2D eigenvalue weighted by atomic mass is 10.0. The second-order valence-corrected chi connectivity index (χ2v) is 5.11. The van der Waals surface area contributed by atoms with Crippen molar-refractivity contribution in [3.63, 3.8) is 0 Å². The van der Waals surface area contributed by atoms with Crippen LogP contribution >= 0.6 is 0 Å². The van der Waals surface area contributed by atoms with Gasteiger partial charge in [-0.15, -0.1) is 0 Å². The number of ether oxygens (including phenoxy) is 1. The number of carbonyl (C=O) groups excluding carboxylic acids is 1. The lowest BCUT2D eigenvalue weighted by Gasteiger charge is -2.25. The number of aliphatic carboxylic acids is 1. The molecule has 2 aliphatic heterocycles. The van der Waals surface area contributed by atoms with Gasteiger partial charge in [0.1, 0.15) is 6.04 Å². The van der Waals surface area contributed by atoms with E-state index in [9.17, 15) is 9.59 Å². The smallest absolute Gasteiger partial charge is 0.326 e. The van der Waals surface area contributed by atoms with Crippen molar-refractivity contribution in [2.45, 2.75) is 57.1 Å². The number of carbonyl (C=O) groups is 2. The second kappa shape index (κ2) is 6.18. The van der Waals surface area contributed by atoms with Crippen molar-refractivity contribution in [1.82, 2.24) is 4.90 Å². The summed E-state index contributed by atoms with van der Waals surface area (Å²) in [5.41, 5.74) is 0. The van der Waals surface area contributed by atoms with Crippen molar-refractivity contribution >= 4 is 11.9 Å². The van der Waals surface area contributed by atoms with Crippen LogP contribution < -0.4 is 0 Å². The Morgan fingerprint density at radius 1 is 1.22 bits per heavy atom. The van der Waals surface area contributed by atoms with Crippen molar-refractivity contribution in [1.29, 1.82) is 0 Å². The summed E-state index contributed by atoms with van der Waals surface area (Å²) in [4.78, 5) is 24.5. The third-order valence-corrected chi connectivity index (χ3v) is 3.81. The van der Waals surface area contributed by atoms with E-state index in [-0.39, 0.29) is 12.0 Å². The molecule has 18 heavy (non-hydrogen) atoms. The SMILES string of the molecule is O=C(O)[C@@H]1CCCN1C(=O)CCC1CCCCO1. The number of hydrogen-bond acceptors (Lipinski definition) is 3. The van der Waals surface area contributed by atoms with Crippen molar-refractivity contribution < 1.29 is 19.4 Å². The van der Waals surface area contributed by atoms with Gasteiger partial charge in [-0.2, -0.15) is 0 Å². The fourth-order valence-corrected chi connectivity index (χ4v) is 2.79. The molecule has 2 fully saturated rings. The van der Waals surface area contributed by atoms with E-state index in [1.54, 1.807) is 0 Å². The first-order valence-corrected chi connectivity index (χ1v) is 6.82. The third-order valence-electron chi connectivity index (χ3n) is 3.81. The molecule has 0 radical (unpaired) electrons. The van der Waals surface area contributed by atoms with E-state index in [0.717, 1.165) is 32.3 Å². The highest BCUT2D eigenvalue weighted by Crippen LogP contribution is 2.21. The van der Waals surface area contributed by atoms with Crippen LogP contribution in [-0.2, 0) is 14.3 Å². The summed E-state index contributed by atoms with van der Waals surface area (Å²) in [5.74, 6) is -0.913. The van der Waals surface area contributed by atoms with Crippen LogP contribution in [0.3, 0.4) is 0 Å². The van der Waals surface area contributed by atoms with Gasteiger partial charge in [-0.1, -0.05) is 0 Å². The number of hydrogen-bond donors (Lipinski definition) is 1. The van der Waals surface area contributed by atoms with Crippen LogP contribution in [0.2, 0.25) is 0 Å². The van der Waals surface area contributed by atoms with Gasteiger partial charge in [0, 0.05) is 19.6 Å². The number of rotatable bonds is 4. The van der Waals surface area contributed by atoms with E-state index >= 15 is 0 Å². The van der Waals surface area contributed by atoms with Crippen LogP contribution in [0.15, 0.2) is 0 Å². The van der Waals surface area contributed by atoms with Gasteiger partial charge in [0.05, 0.1) is 6.10 Å². The Bertz CT molecular complexity index is 312. The lowest BCUT2D eigenvalue weighted by molar-refractivity contribution is -0.148. The molecule has 1 unspecified atom stereocenters. The molecule has 0 aromatic heterocycles. The van der Waals surface area contributed by atoms with E-state index in [2.05, 4.69) is 0 Å². The summed E-state index contributed by atoms with van der Waals surface area (Å²) in [6.45, 7) is 1.38. The molecule has 0 aliphatic carbocycles. The summed E-state index contributed by atoms with van der Waals surface area (Å²) < 4.78 is 5.58. The van der Waals surface area contributed by atoms with Crippen LogP contribution in [0.1, 0.15) is 44.9 Å². The minimum atomic E-state index is -0.880. The predicted octanol–water partition coefficient (Wildman–Crippen LogP) is 1.41. The Morgan fingerprint density at radius 3 is 2.72 bits per heavy atom. The molecule has 0 spiro atoms. The zero-order valence-electron chi connectivity index (χ0n) is 10.6. The molecule has 0 aromatic rings. The third kappa shape index (κ3) is 3.22. The van der Waals surface area contributed by atoms with Gasteiger partial charge in [0.25, 0.3) is 0 Å². The Labute approximate surface area is 107 Å². The Balaban J connectivity index is 1.78. The largest absolute Gasteiger partial charge is 0.480 e. The summed E-state index contributed by atoms with van der Waals surface area (Å²) >= 11 is 0.